The molecule has 2 saturated heterocycles. The first-order valence-corrected chi connectivity index (χ1v) is 7.39. The van der Waals surface area contributed by atoms with Crippen LogP contribution < -0.4 is 5.32 Å². The van der Waals surface area contributed by atoms with Crippen LogP contribution in [0.5, 0.6) is 0 Å². The molecule has 1 N–H and O–H groups in total. The molecule has 0 aromatic carbocycles. The van der Waals surface area contributed by atoms with Crippen LogP contribution in [0.4, 0.5) is 0 Å². The molecular weight excluding hydrogens is 212 g/mol. The quantitative estimate of drug-likeness (QED) is 0.791. The molecule has 0 spiro atoms. The van der Waals surface area contributed by atoms with Gasteiger partial charge in [0.1, 0.15) is 0 Å². The summed E-state index contributed by atoms with van der Waals surface area (Å²) in [5, 5.41) is 3.94. The van der Waals surface area contributed by atoms with E-state index in [1.807, 2.05) is 0 Å². The fraction of sp³-hybridized carbons (Fsp3) is 1.00. The van der Waals surface area contributed by atoms with E-state index in [1.54, 1.807) is 0 Å². The average molecular weight is 238 g/mol. The Morgan fingerprint density at radius 2 is 1.88 bits per heavy atom. The summed E-state index contributed by atoms with van der Waals surface area (Å²) in [5.41, 5.74) is 0. The van der Waals surface area contributed by atoms with Gasteiger partial charge in [-0.1, -0.05) is 0 Å². The molecule has 3 nitrogen and oxygen atoms in total. The van der Waals surface area contributed by atoms with Gasteiger partial charge in [0.25, 0.3) is 0 Å². The molecule has 2 heterocycles. The first kappa shape index (κ1) is 11.9. The maximum atomic E-state index is 5.85. The highest BCUT2D eigenvalue weighted by Crippen LogP contribution is 2.34. The van der Waals surface area contributed by atoms with Gasteiger partial charge in [-0.05, 0) is 58.7 Å². The third kappa shape index (κ3) is 2.67. The van der Waals surface area contributed by atoms with E-state index in [4.69, 9.17) is 4.74 Å². The van der Waals surface area contributed by atoms with Gasteiger partial charge in [-0.3, -0.25) is 0 Å². The third-order valence-electron chi connectivity index (χ3n) is 4.95. The van der Waals surface area contributed by atoms with Crippen molar-refractivity contribution in [2.24, 2.45) is 5.92 Å². The van der Waals surface area contributed by atoms with Crippen LogP contribution >= 0.6 is 0 Å². The molecule has 1 saturated carbocycles. The lowest BCUT2D eigenvalue weighted by Gasteiger charge is -2.38. The molecule has 17 heavy (non-hydrogen) atoms. The SMILES string of the molecule is CN1CCC(N[C@@H]2CCC[C@H]3OCC[C@H]23)CC1. The highest BCUT2D eigenvalue weighted by atomic mass is 16.5. The largest absolute Gasteiger partial charge is 0.378 e. The Labute approximate surface area is 105 Å². The molecule has 3 atom stereocenters. The zero-order chi connectivity index (χ0) is 11.7. The number of piperidine rings is 1. The molecule has 98 valence electrons. The Morgan fingerprint density at radius 3 is 2.71 bits per heavy atom. The van der Waals surface area contributed by atoms with Crippen molar-refractivity contribution in [1.29, 1.82) is 0 Å². The second-order valence-electron chi connectivity index (χ2n) is 6.14. The maximum Gasteiger partial charge on any atom is 0.0619 e. The van der Waals surface area contributed by atoms with Gasteiger partial charge in [-0.2, -0.15) is 0 Å². The molecule has 1 aliphatic carbocycles. The molecule has 3 fully saturated rings. The summed E-state index contributed by atoms with van der Waals surface area (Å²) in [4.78, 5) is 2.44. The predicted octanol–water partition coefficient (Wildman–Crippen LogP) is 1.63. The summed E-state index contributed by atoms with van der Waals surface area (Å²) < 4.78 is 5.85. The minimum atomic E-state index is 0.576. The number of rotatable bonds is 2. The Balaban J connectivity index is 1.53. The number of fused-ring (bicyclic) bond motifs is 1. The number of likely N-dealkylation sites (tertiary alicyclic amines) is 1. The summed E-state index contributed by atoms with van der Waals surface area (Å²) in [5.74, 6) is 0.809. The van der Waals surface area contributed by atoms with E-state index in [0.29, 0.717) is 6.10 Å². The molecular formula is C14H26N2O. The van der Waals surface area contributed by atoms with E-state index in [0.717, 1.165) is 24.6 Å². The normalized spacial score (nSPS) is 40.4. The fourth-order valence-corrected chi connectivity index (χ4v) is 3.86. The van der Waals surface area contributed by atoms with Crippen LogP contribution in [0, 0.1) is 5.92 Å². The van der Waals surface area contributed by atoms with Gasteiger partial charge in [0.2, 0.25) is 0 Å². The molecule has 3 aliphatic rings. The zero-order valence-corrected chi connectivity index (χ0v) is 11.0. The molecule has 2 aliphatic heterocycles. The Bertz CT molecular complexity index is 251. The van der Waals surface area contributed by atoms with Crippen LogP contribution in [0.1, 0.15) is 38.5 Å². The van der Waals surface area contributed by atoms with Gasteiger partial charge in [0.15, 0.2) is 0 Å². The minimum absolute atomic E-state index is 0.576. The first-order chi connectivity index (χ1) is 8.33. The van der Waals surface area contributed by atoms with E-state index >= 15 is 0 Å². The van der Waals surface area contributed by atoms with Crippen LogP contribution in [-0.4, -0.2) is 49.8 Å². The zero-order valence-electron chi connectivity index (χ0n) is 11.0. The van der Waals surface area contributed by atoms with Crippen molar-refractivity contribution < 1.29 is 4.74 Å². The van der Waals surface area contributed by atoms with Crippen molar-refractivity contribution in [3.63, 3.8) is 0 Å². The Kier molecular flexibility index (Phi) is 3.69. The molecule has 0 aromatic heterocycles. The number of hydrogen-bond donors (Lipinski definition) is 1. The smallest absolute Gasteiger partial charge is 0.0619 e. The van der Waals surface area contributed by atoms with Crippen molar-refractivity contribution in [3.8, 4) is 0 Å². The minimum Gasteiger partial charge on any atom is -0.378 e. The van der Waals surface area contributed by atoms with Crippen molar-refractivity contribution in [3.05, 3.63) is 0 Å². The Morgan fingerprint density at radius 1 is 1.06 bits per heavy atom. The van der Waals surface area contributed by atoms with E-state index < -0.39 is 0 Å². The van der Waals surface area contributed by atoms with Gasteiger partial charge in [0, 0.05) is 24.6 Å². The molecule has 0 unspecified atom stereocenters. The van der Waals surface area contributed by atoms with Crippen LogP contribution in [0.2, 0.25) is 0 Å². The fourth-order valence-electron chi connectivity index (χ4n) is 3.86. The second-order valence-corrected chi connectivity index (χ2v) is 6.14. The number of nitrogens with one attached hydrogen (secondary N) is 1. The first-order valence-electron chi connectivity index (χ1n) is 7.39. The number of hydrogen-bond acceptors (Lipinski definition) is 3. The lowest BCUT2D eigenvalue weighted by Crippen LogP contribution is -2.50. The van der Waals surface area contributed by atoms with E-state index in [-0.39, 0.29) is 0 Å². The summed E-state index contributed by atoms with van der Waals surface area (Å²) in [7, 11) is 2.23. The van der Waals surface area contributed by atoms with E-state index in [9.17, 15) is 0 Å². The topological polar surface area (TPSA) is 24.5 Å². The van der Waals surface area contributed by atoms with Gasteiger partial charge in [-0.15, -0.1) is 0 Å². The molecule has 0 bridgehead atoms. The van der Waals surface area contributed by atoms with Crippen molar-refractivity contribution in [2.75, 3.05) is 26.7 Å². The highest BCUT2D eigenvalue weighted by Gasteiger charge is 2.38. The van der Waals surface area contributed by atoms with Crippen LogP contribution in [-0.2, 0) is 4.74 Å². The average Bonchev–Trinajstić information content (AvgIpc) is 2.81. The number of nitrogens with zero attached hydrogens (tertiary/aromatic N) is 1. The molecule has 0 amide bonds. The predicted molar refractivity (Wildman–Crippen MR) is 69.1 cm³/mol. The van der Waals surface area contributed by atoms with Crippen LogP contribution in [0.25, 0.3) is 0 Å². The van der Waals surface area contributed by atoms with Gasteiger partial charge in [0.05, 0.1) is 6.10 Å². The van der Waals surface area contributed by atoms with Crippen LogP contribution in [0.15, 0.2) is 0 Å². The molecule has 0 aromatic rings. The monoisotopic (exact) mass is 238 g/mol. The van der Waals surface area contributed by atoms with Gasteiger partial charge >= 0.3 is 0 Å². The molecule has 3 rings (SSSR count). The van der Waals surface area contributed by atoms with Gasteiger partial charge < -0.3 is 15.0 Å². The van der Waals surface area contributed by atoms with Crippen molar-refractivity contribution in [1.82, 2.24) is 10.2 Å². The standard InChI is InChI=1S/C14H26N2O/c1-16-8-5-11(6-9-16)15-13-3-2-4-14-12(13)7-10-17-14/h11-15H,2-10H2,1H3/t12-,13-,14-/m1/s1. The highest BCUT2D eigenvalue weighted by molar-refractivity contribution is 4.92. The molecule has 3 heteroatoms. The van der Waals surface area contributed by atoms with Crippen molar-refractivity contribution >= 4 is 0 Å². The van der Waals surface area contributed by atoms with Gasteiger partial charge in [-0.25, -0.2) is 0 Å². The maximum absolute atomic E-state index is 5.85. The molecule has 0 radical (unpaired) electrons. The van der Waals surface area contributed by atoms with E-state index in [2.05, 4.69) is 17.3 Å². The van der Waals surface area contributed by atoms with E-state index in [1.165, 1.54) is 51.6 Å². The summed E-state index contributed by atoms with van der Waals surface area (Å²) >= 11 is 0. The number of ether oxygens (including phenoxy) is 1. The Hall–Kier alpha value is -0.120. The second kappa shape index (κ2) is 5.25. The third-order valence-corrected chi connectivity index (χ3v) is 4.95. The lowest BCUT2D eigenvalue weighted by atomic mass is 9.81. The summed E-state index contributed by atoms with van der Waals surface area (Å²) in [6.07, 6.45) is 8.54. The van der Waals surface area contributed by atoms with Crippen molar-refractivity contribution in [2.45, 2.75) is 56.7 Å². The van der Waals surface area contributed by atoms with Crippen LogP contribution in [0.3, 0.4) is 0 Å². The lowest BCUT2D eigenvalue weighted by molar-refractivity contribution is 0.0489. The summed E-state index contributed by atoms with van der Waals surface area (Å²) in [6, 6.07) is 1.50. The summed E-state index contributed by atoms with van der Waals surface area (Å²) in [6.45, 7) is 3.52.